The van der Waals surface area contributed by atoms with Crippen molar-refractivity contribution in [3.8, 4) is 11.1 Å². The molecule has 0 spiro atoms. The summed E-state index contributed by atoms with van der Waals surface area (Å²) in [6.07, 6.45) is 1.11. The first kappa shape index (κ1) is 18.3. The maximum Gasteiger partial charge on any atom is 0.329 e. The van der Waals surface area contributed by atoms with Gasteiger partial charge in [-0.25, -0.2) is 14.2 Å². The van der Waals surface area contributed by atoms with E-state index in [1.807, 2.05) is 6.92 Å². The Hall–Kier alpha value is -2.54. The van der Waals surface area contributed by atoms with E-state index in [1.165, 1.54) is 34.4 Å². The van der Waals surface area contributed by atoms with Crippen molar-refractivity contribution in [1.29, 1.82) is 0 Å². The Bertz CT molecular complexity index is 1020. The largest absolute Gasteiger partial charge is 0.461 e. The lowest BCUT2D eigenvalue weighted by Crippen LogP contribution is -2.30. The standard InChI is InChI=1S/C19H19FN2O3S/c1-10(2)25-19(24)11(3)22-9-21-17-16(18(22)23)15(12(4)26-17)13-5-7-14(20)8-6-13/h5-11H,1-4H3/t11-/m1/s1. The molecule has 7 heteroatoms. The van der Waals surface area contributed by atoms with E-state index in [0.717, 1.165) is 16.0 Å². The lowest BCUT2D eigenvalue weighted by atomic mass is 10.0. The van der Waals surface area contributed by atoms with Gasteiger partial charge < -0.3 is 4.74 Å². The SMILES string of the molecule is Cc1sc2ncn([C@H](C)C(=O)OC(C)C)c(=O)c2c1-c1ccc(F)cc1. The van der Waals surface area contributed by atoms with E-state index in [9.17, 15) is 14.0 Å². The highest BCUT2D eigenvalue weighted by molar-refractivity contribution is 7.19. The number of carbonyl (C=O) groups is 1. The fourth-order valence-corrected chi connectivity index (χ4v) is 3.80. The first-order valence-electron chi connectivity index (χ1n) is 8.26. The summed E-state index contributed by atoms with van der Waals surface area (Å²) in [7, 11) is 0. The van der Waals surface area contributed by atoms with Gasteiger partial charge in [0.15, 0.2) is 0 Å². The molecule has 2 aromatic heterocycles. The summed E-state index contributed by atoms with van der Waals surface area (Å²) in [6.45, 7) is 7.01. The fourth-order valence-electron chi connectivity index (χ4n) is 2.80. The summed E-state index contributed by atoms with van der Waals surface area (Å²) in [4.78, 5) is 31.1. The molecule has 0 bridgehead atoms. The summed E-state index contributed by atoms with van der Waals surface area (Å²) in [5, 5.41) is 0.436. The van der Waals surface area contributed by atoms with Gasteiger partial charge in [0.1, 0.15) is 16.7 Å². The third kappa shape index (κ3) is 3.26. The molecule has 1 aromatic carbocycles. The van der Waals surface area contributed by atoms with Gasteiger partial charge >= 0.3 is 5.97 Å². The third-order valence-electron chi connectivity index (χ3n) is 4.06. The van der Waals surface area contributed by atoms with Crippen LogP contribution in [-0.2, 0) is 9.53 Å². The highest BCUT2D eigenvalue weighted by Crippen LogP contribution is 2.35. The molecule has 0 amide bonds. The molecule has 0 aliphatic carbocycles. The van der Waals surface area contributed by atoms with Gasteiger partial charge in [-0.05, 0) is 45.4 Å². The van der Waals surface area contributed by atoms with Crippen LogP contribution in [0, 0.1) is 12.7 Å². The Kier molecular flexibility index (Phi) is 4.91. The van der Waals surface area contributed by atoms with Crippen LogP contribution in [-0.4, -0.2) is 21.6 Å². The van der Waals surface area contributed by atoms with Crippen LogP contribution in [0.1, 0.15) is 31.7 Å². The second-order valence-electron chi connectivity index (χ2n) is 6.34. The maximum absolute atomic E-state index is 13.3. The van der Waals surface area contributed by atoms with Crippen molar-refractivity contribution in [3.05, 3.63) is 51.6 Å². The van der Waals surface area contributed by atoms with E-state index in [0.29, 0.717) is 10.2 Å². The van der Waals surface area contributed by atoms with Gasteiger partial charge in [-0.15, -0.1) is 11.3 Å². The number of ether oxygens (including phenoxy) is 1. The van der Waals surface area contributed by atoms with Crippen LogP contribution in [0.3, 0.4) is 0 Å². The number of hydrogen-bond donors (Lipinski definition) is 0. The quantitative estimate of drug-likeness (QED) is 0.646. The number of rotatable bonds is 4. The van der Waals surface area contributed by atoms with E-state index >= 15 is 0 Å². The van der Waals surface area contributed by atoms with Crippen LogP contribution >= 0.6 is 11.3 Å². The van der Waals surface area contributed by atoms with Gasteiger partial charge in [0.05, 0.1) is 17.8 Å². The van der Waals surface area contributed by atoms with Gasteiger partial charge in [-0.3, -0.25) is 9.36 Å². The number of esters is 1. The van der Waals surface area contributed by atoms with Crippen molar-refractivity contribution in [3.63, 3.8) is 0 Å². The zero-order valence-corrected chi connectivity index (χ0v) is 15.8. The van der Waals surface area contributed by atoms with Crippen LogP contribution in [0.15, 0.2) is 35.4 Å². The second kappa shape index (κ2) is 6.99. The predicted molar refractivity (Wildman–Crippen MR) is 100.0 cm³/mol. The number of aromatic nitrogens is 2. The number of benzene rings is 1. The molecule has 0 aliphatic heterocycles. The number of halogens is 1. The summed E-state index contributed by atoms with van der Waals surface area (Å²) in [5.41, 5.74) is 1.15. The van der Waals surface area contributed by atoms with E-state index in [1.54, 1.807) is 32.9 Å². The van der Waals surface area contributed by atoms with Gasteiger partial charge in [0.25, 0.3) is 5.56 Å². The summed E-state index contributed by atoms with van der Waals surface area (Å²) >= 11 is 1.40. The number of aryl methyl sites for hydroxylation is 1. The van der Waals surface area contributed by atoms with Crippen molar-refractivity contribution in [1.82, 2.24) is 9.55 Å². The summed E-state index contributed by atoms with van der Waals surface area (Å²) in [6, 6.07) is 5.20. The Balaban J connectivity index is 2.17. The molecule has 3 rings (SSSR count). The first-order chi connectivity index (χ1) is 12.3. The third-order valence-corrected chi connectivity index (χ3v) is 5.07. The second-order valence-corrected chi connectivity index (χ2v) is 7.54. The van der Waals surface area contributed by atoms with Crippen LogP contribution < -0.4 is 5.56 Å². The Morgan fingerprint density at radius 3 is 2.50 bits per heavy atom. The van der Waals surface area contributed by atoms with Crippen molar-refractivity contribution in [2.45, 2.75) is 39.8 Å². The van der Waals surface area contributed by atoms with Crippen molar-refractivity contribution < 1.29 is 13.9 Å². The molecule has 0 fully saturated rings. The average molecular weight is 374 g/mol. The van der Waals surface area contributed by atoms with Gasteiger partial charge in [0, 0.05) is 10.4 Å². The molecule has 0 saturated carbocycles. The van der Waals surface area contributed by atoms with Gasteiger partial charge in [-0.2, -0.15) is 0 Å². The number of thiophene rings is 1. The molecule has 0 radical (unpaired) electrons. The molecule has 1 atom stereocenters. The molecule has 0 unspecified atom stereocenters. The smallest absolute Gasteiger partial charge is 0.329 e. The fraction of sp³-hybridized carbons (Fsp3) is 0.316. The molecule has 0 saturated heterocycles. The lowest BCUT2D eigenvalue weighted by molar-refractivity contribution is -0.151. The monoisotopic (exact) mass is 374 g/mol. The number of carbonyl (C=O) groups excluding carboxylic acids is 1. The molecule has 0 N–H and O–H groups in total. The molecule has 3 aromatic rings. The molecule has 26 heavy (non-hydrogen) atoms. The molecule has 2 heterocycles. The van der Waals surface area contributed by atoms with Crippen molar-refractivity contribution >= 4 is 27.5 Å². The van der Waals surface area contributed by atoms with E-state index in [4.69, 9.17) is 4.74 Å². The topological polar surface area (TPSA) is 61.2 Å². The van der Waals surface area contributed by atoms with Gasteiger partial charge in [-0.1, -0.05) is 12.1 Å². The number of hydrogen-bond acceptors (Lipinski definition) is 5. The van der Waals surface area contributed by atoms with Crippen LogP contribution in [0.5, 0.6) is 0 Å². The van der Waals surface area contributed by atoms with Gasteiger partial charge in [0.2, 0.25) is 0 Å². The minimum absolute atomic E-state index is 0.268. The zero-order chi connectivity index (χ0) is 19.0. The minimum atomic E-state index is -0.789. The predicted octanol–water partition coefficient (Wildman–Crippen LogP) is 4.09. The highest BCUT2D eigenvalue weighted by Gasteiger charge is 2.23. The maximum atomic E-state index is 13.3. The van der Waals surface area contributed by atoms with Crippen LogP contribution in [0.2, 0.25) is 0 Å². The molecule has 5 nitrogen and oxygen atoms in total. The molecular formula is C19H19FN2O3S. The lowest BCUT2D eigenvalue weighted by Gasteiger charge is -2.16. The number of fused-ring (bicyclic) bond motifs is 1. The van der Waals surface area contributed by atoms with Crippen LogP contribution in [0.4, 0.5) is 4.39 Å². The molecule has 0 aliphatic rings. The Labute approximate surface area is 154 Å². The highest BCUT2D eigenvalue weighted by atomic mass is 32.1. The minimum Gasteiger partial charge on any atom is -0.461 e. The molecular weight excluding hydrogens is 355 g/mol. The summed E-state index contributed by atoms with van der Waals surface area (Å²) in [5.74, 6) is -0.829. The van der Waals surface area contributed by atoms with E-state index < -0.39 is 12.0 Å². The Morgan fingerprint density at radius 2 is 1.88 bits per heavy atom. The normalized spacial score (nSPS) is 12.5. The Morgan fingerprint density at radius 1 is 1.23 bits per heavy atom. The zero-order valence-electron chi connectivity index (χ0n) is 14.9. The van der Waals surface area contributed by atoms with Crippen LogP contribution in [0.25, 0.3) is 21.3 Å². The van der Waals surface area contributed by atoms with E-state index in [-0.39, 0.29) is 17.5 Å². The van der Waals surface area contributed by atoms with Crippen molar-refractivity contribution in [2.75, 3.05) is 0 Å². The summed E-state index contributed by atoms with van der Waals surface area (Å²) < 4.78 is 19.7. The average Bonchev–Trinajstić information content (AvgIpc) is 2.92. The molecule has 136 valence electrons. The number of nitrogens with zero attached hydrogens (tertiary/aromatic N) is 2. The van der Waals surface area contributed by atoms with Crippen molar-refractivity contribution in [2.24, 2.45) is 0 Å². The van der Waals surface area contributed by atoms with E-state index in [2.05, 4.69) is 4.98 Å². The first-order valence-corrected chi connectivity index (χ1v) is 9.08.